The van der Waals surface area contributed by atoms with Gasteiger partial charge in [0.15, 0.2) is 9.84 Å². The van der Waals surface area contributed by atoms with E-state index in [1.165, 1.54) is 18.9 Å². The first-order valence-electron chi connectivity index (χ1n) is 13.2. The number of sulfonamides is 1. The molecule has 9 heteroatoms. The molecular formula is C28H34N2O5S2. The van der Waals surface area contributed by atoms with Crippen LogP contribution in [-0.4, -0.2) is 41.3 Å². The van der Waals surface area contributed by atoms with Crippen LogP contribution in [0.15, 0.2) is 47.4 Å². The number of sulfone groups is 1. The number of hydrogen-bond acceptors (Lipinski definition) is 5. The van der Waals surface area contributed by atoms with Gasteiger partial charge < -0.3 is 4.90 Å². The second-order valence-electron chi connectivity index (χ2n) is 11.9. The van der Waals surface area contributed by atoms with Crippen LogP contribution >= 0.6 is 0 Å². The van der Waals surface area contributed by atoms with Gasteiger partial charge >= 0.3 is 0 Å². The topological polar surface area (TPSA) is 101 Å². The Hall–Kier alpha value is -2.39. The monoisotopic (exact) mass is 542 g/mol. The van der Waals surface area contributed by atoms with Crippen molar-refractivity contribution in [3.05, 3.63) is 53.6 Å². The summed E-state index contributed by atoms with van der Waals surface area (Å²) >= 11 is 0. The summed E-state index contributed by atoms with van der Waals surface area (Å²) in [5.74, 6) is 0.137. The average molecular weight is 543 g/mol. The SMILES string of the molecule is CS(=O)(=O)Nc1ccc2c(c1)C1(CCC3(CC3)CC1)CN2C(=O)c1cccc(S(=O)(=O)CC2CCC2)c1. The summed E-state index contributed by atoms with van der Waals surface area (Å²) in [7, 11) is -6.88. The molecule has 0 radical (unpaired) electrons. The number of hydrogen-bond donors (Lipinski definition) is 1. The summed E-state index contributed by atoms with van der Waals surface area (Å²) in [6, 6.07) is 11.9. The fraction of sp³-hybridized carbons (Fsp3) is 0.536. The molecule has 3 saturated carbocycles. The van der Waals surface area contributed by atoms with Crippen LogP contribution in [0.4, 0.5) is 11.4 Å². The van der Waals surface area contributed by atoms with Gasteiger partial charge in [-0.05, 0) is 105 Å². The molecule has 1 heterocycles. The van der Waals surface area contributed by atoms with Crippen LogP contribution in [0.1, 0.15) is 73.7 Å². The van der Waals surface area contributed by atoms with Crippen molar-refractivity contribution in [2.24, 2.45) is 11.3 Å². The molecule has 2 aromatic carbocycles. The smallest absolute Gasteiger partial charge is 0.258 e. The Kier molecular flexibility index (Phi) is 5.77. The van der Waals surface area contributed by atoms with Gasteiger partial charge in [-0.1, -0.05) is 12.5 Å². The summed E-state index contributed by atoms with van der Waals surface area (Å²) in [6.45, 7) is 0.526. The highest BCUT2D eigenvalue weighted by molar-refractivity contribution is 7.92. The molecule has 6 rings (SSSR count). The lowest BCUT2D eigenvalue weighted by Gasteiger charge is -2.38. The first kappa shape index (κ1) is 24.9. The van der Waals surface area contributed by atoms with Crippen LogP contribution in [0, 0.1) is 11.3 Å². The second-order valence-corrected chi connectivity index (χ2v) is 15.7. The van der Waals surface area contributed by atoms with Crippen molar-refractivity contribution < 1.29 is 21.6 Å². The predicted molar refractivity (Wildman–Crippen MR) is 144 cm³/mol. The van der Waals surface area contributed by atoms with E-state index in [4.69, 9.17) is 0 Å². The van der Waals surface area contributed by atoms with Crippen LogP contribution in [0.3, 0.4) is 0 Å². The third kappa shape index (κ3) is 4.69. The maximum atomic E-state index is 13.9. The first-order chi connectivity index (χ1) is 17.5. The number of carbonyl (C=O) groups excluding carboxylic acids is 1. The zero-order valence-corrected chi connectivity index (χ0v) is 22.8. The highest BCUT2D eigenvalue weighted by atomic mass is 32.2. The van der Waals surface area contributed by atoms with Gasteiger partial charge in [0.2, 0.25) is 10.0 Å². The van der Waals surface area contributed by atoms with Gasteiger partial charge in [0.1, 0.15) is 0 Å². The van der Waals surface area contributed by atoms with Crippen molar-refractivity contribution in [3.8, 4) is 0 Å². The number of fused-ring (bicyclic) bond motifs is 2. The van der Waals surface area contributed by atoms with Crippen molar-refractivity contribution in [1.82, 2.24) is 0 Å². The summed E-state index contributed by atoms with van der Waals surface area (Å²) in [5.41, 5.74) is 2.92. The van der Waals surface area contributed by atoms with Crippen LogP contribution in [0.5, 0.6) is 0 Å². The summed E-state index contributed by atoms with van der Waals surface area (Å²) < 4.78 is 52.4. The molecular weight excluding hydrogens is 508 g/mol. The minimum absolute atomic E-state index is 0.137. The van der Waals surface area contributed by atoms with E-state index in [0.29, 0.717) is 23.2 Å². The molecule has 7 nitrogen and oxygen atoms in total. The molecule has 37 heavy (non-hydrogen) atoms. The zero-order valence-electron chi connectivity index (χ0n) is 21.2. The first-order valence-corrected chi connectivity index (χ1v) is 16.8. The molecule has 1 aliphatic heterocycles. The normalized spacial score (nSPS) is 22.0. The van der Waals surface area contributed by atoms with Crippen molar-refractivity contribution in [3.63, 3.8) is 0 Å². The summed E-state index contributed by atoms with van der Waals surface area (Å²) in [4.78, 5) is 15.9. The van der Waals surface area contributed by atoms with Crippen LogP contribution in [0.25, 0.3) is 0 Å². The molecule has 2 aromatic rings. The fourth-order valence-corrected chi connectivity index (χ4v) is 8.83. The third-order valence-corrected chi connectivity index (χ3v) is 11.7. The molecule has 3 fully saturated rings. The summed E-state index contributed by atoms with van der Waals surface area (Å²) in [6.07, 6.45) is 10.8. The molecule has 0 bridgehead atoms. The number of nitrogens with one attached hydrogen (secondary N) is 1. The lowest BCUT2D eigenvalue weighted by molar-refractivity contribution is 0.0980. The van der Waals surface area contributed by atoms with Gasteiger partial charge in [0.05, 0.1) is 16.9 Å². The van der Waals surface area contributed by atoms with Gasteiger partial charge in [0, 0.05) is 28.9 Å². The van der Waals surface area contributed by atoms with E-state index in [1.807, 2.05) is 12.1 Å². The van der Waals surface area contributed by atoms with Crippen LogP contribution in [0.2, 0.25) is 0 Å². The van der Waals surface area contributed by atoms with Gasteiger partial charge in [-0.25, -0.2) is 16.8 Å². The largest absolute Gasteiger partial charge is 0.307 e. The Morgan fingerprint density at radius 1 is 0.973 bits per heavy atom. The van der Waals surface area contributed by atoms with Gasteiger partial charge in [-0.15, -0.1) is 0 Å². The molecule has 0 saturated heterocycles. The van der Waals surface area contributed by atoms with Crippen molar-refractivity contribution in [2.45, 2.75) is 68.1 Å². The average Bonchev–Trinajstić information content (AvgIpc) is 3.52. The van der Waals surface area contributed by atoms with Crippen molar-refractivity contribution in [1.29, 1.82) is 0 Å². The number of anilines is 2. The van der Waals surface area contributed by atoms with E-state index in [2.05, 4.69) is 4.72 Å². The molecule has 0 unspecified atom stereocenters. The number of amides is 1. The summed E-state index contributed by atoms with van der Waals surface area (Å²) in [5, 5.41) is 0. The molecule has 0 aromatic heterocycles. The van der Waals surface area contributed by atoms with E-state index >= 15 is 0 Å². The Morgan fingerprint density at radius 3 is 2.30 bits per heavy atom. The molecule has 2 spiro atoms. The number of nitrogens with zero attached hydrogens (tertiary/aromatic N) is 1. The van der Waals surface area contributed by atoms with Crippen LogP contribution < -0.4 is 9.62 Å². The van der Waals surface area contributed by atoms with E-state index in [0.717, 1.165) is 62.5 Å². The van der Waals surface area contributed by atoms with E-state index < -0.39 is 19.9 Å². The van der Waals surface area contributed by atoms with E-state index in [9.17, 15) is 21.6 Å². The van der Waals surface area contributed by atoms with E-state index in [1.54, 1.807) is 29.2 Å². The minimum atomic E-state index is -3.45. The number of carbonyl (C=O) groups is 1. The highest BCUT2D eigenvalue weighted by Gasteiger charge is 2.53. The third-order valence-electron chi connectivity index (χ3n) is 9.21. The lowest BCUT2D eigenvalue weighted by atomic mass is 9.66. The minimum Gasteiger partial charge on any atom is -0.307 e. The van der Waals surface area contributed by atoms with Gasteiger partial charge in [-0.2, -0.15) is 0 Å². The van der Waals surface area contributed by atoms with Crippen molar-refractivity contribution in [2.75, 3.05) is 28.2 Å². The second kappa shape index (κ2) is 8.56. The fourth-order valence-electron chi connectivity index (χ4n) is 6.54. The Morgan fingerprint density at radius 2 is 1.68 bits per heavy atom. The maximum absolute atomic E-state index is 13.9. The molecule has 4 aliphatic rings. The Labute approximate surface area is 219 Å². The van der Waals surface area contributed by atoms with Gasteiger partial charge in [-0.3, -0.25) is 9.52 Å². The van der Waals surface area contributed by atoms with Crippen molar-refractivity contribution >= 4 is 37.1 Å². The number of benzene rings is 2. The van der Waals surface area contributed by atoms with Crippen LogP contribution in [-0.2, 0) is 25.3 Å². The highest BCUT2D eigenvalue weighted by Crippen LogP contribution is 2.62. The number of rotatable bonds is 6. The maximum Gasteiger partial charge on any atom is 0.258 e. The van der Waals surface area contributed by atoms with Gasteiger partial charge in [0.25, 0.3) is 5.91 Å². The predicted octanol–water partition coefficient (Wildman–Crippen LogP) is 4.88. The molecule has 3 aliphatic carbocycles. The Bertz CT molecular complexity index is 1460. The standard InChI is InChI=1S/C28H34N2O5S2/c1-36(32,33)29-22-8-9-25-24(17-22)28(14-12-27(10-11-27)13-15-28)19-30(25)26(31)21-6-3-7-23(16-21)37(34,35)18-20-4-2-5-20/h3,6-9,16-17,20,29H,2,4-5,10-15,18-19H2,1H3. The lowest BCUT2D eigenvalue weighted by Crippen LogP contribution is -2.40. The molecule has 198 valence electrons. The zero-order chi connectivity index (χ0) is 26.1. The molecule has 1 N–H and O–H groups in total. The Balaban J connectivity index is 1.33. The molecule has 1 amide bonds. The molecule has 0 atom stereocenters. The van der Waals surface area contributed by atoms with E-state index in [-0.39, 0.29) is 27.9 Å². The quantitative estimate of drug-likeness (QED) is 0.561.